The average Bonchev–Trinajstić information content (AvgIpc) is 3.15. The summed E-state index contributed by atoms with van der Waals surface area (Å²) in [5, 5.41) is 7.09. The van der Waals surface area contributed by atoms with E-state index in [0.29, 0.717) is 11.8 Å². The number of aromatic nitrogens is 3. The molecule has 2 heterocycles. The summed E-state index contributed by atoms with van der Waals surface area (Å²) in [5.74, 6) is 1.23. The van der Waals surface area contributed by atoms with Crippen molar-refractivity contribution in [3.05, 3.63) is 51.1 Å². The van der Waals surface area contributed by atoms with Gasteiger partial charge in [0.2, 0.25) is 0 Å². The van der Waals surface area contributed by atoms with Gasteiger partial charge in [0.25, 0.3) is 0 Å². The first-order valence-corrected chi connectivity index (χ1v) is 11.1. The Bertz CT molecular complexity index is 996. The zero-order valence-electron chi connectivity index (χ0n) is 16.3. The molecule has 1 aromatic carbocycles. The first-order chi connectivity index (χ1) is 12.9. The van der Waals surface area contributed by atoms with Crippen molar-refractivity contribution in [1.29, 1.82) is 0 Å². The van der Waals surface area contributed by atoms with Crippen LogP contribution >= 0.6 is 23.6 Å². The molecule has 3 aromatic rings. The van der Waals surface area contributed by atoms with Crippen molar-refractivity contribution in [3.63, 3.8) is 0 Å². The van der Waals surface area contributed by atoms with Gasteiger partial charge in [-0.1, -0.05) is 57.6 Å². The van der Waals surface area contributed by atoms with Gasteiger partial charge in [-0.3, -0.25) is 4.68 Å². The molecule has 0 N–H and O–H groups in total. The molecular formula is C22H27N3S2. The lowest BCUT2D eigenvalue weighted by atomic mass is 9.81. The van der Waals surface area contributed by atoms with Gasteiger partial charge < -0.3 is 0 Å². The standard InChI is InChI=1S/C22H27N3S2/c1-22(2,3)20-13-23-21(27-20)16-8-6-7-15(11-16)14-25-18-10-5-4-9-17(18)19(26)12-24-25/h4-5,9-10,12-13,15-16H,6-8,11,14H2,1-3H3. The number of hydrogen-bond donors (Lipinski definition) is 0. The minimum absolute atomic E-state index is 0.189. The normalized spacial score (nSPS) is 20.9. The van der Waals surface area contributed by atoms with E-state index in [2.05, 4.69) is 54.9 Å². The first-order valence-electron chi connectivity index (χ1n) is 9.83. The molecule has 142 valence electrons. The molecule has 1 aliphatic carbocycles. The topological polar surface area (TPSA) is 30.7 Å². The van der Waals surface area contributed by atoms with Crippen LogP contribution in [0.3, 0.4) is 0 Å². The number of hydrogen-bond acceptors (Lipinski definition) is 4. The second-order valence-electron chi connectivity index (χ2n) is 8.75. The third-order valence-electron chi connectivity index (χ3n) is 5.59. The van der Waals surface area contributed by atoms with Gasteiger partial charge in [0.15, 0.2) is 0 Å². The van der Waals surface area contributed by atoms with Crippen LogP contribution in [0.5, 0.6) is 0 Å². The number of nitrogens with zero attached hydrogens (tertiary/aromatic N) is 3. The van der Waals surface area contributed by atoms with Gasteiger partial charge in [-0.25, -0.2) is 4.98 Å². The number of rotatable bonds is 3. The fourth-order valence-electron chi connectivity index (χ4n) is 4.06. The highest BCUT2D eigenvalue weighted by molar-refractivity contribution is 7.71. The Labute approximate surface area is 170 Å². The molecule has 0 radical (unpaired) electrons. The highest BCUT2D eigenvalue weighted by Gasteiger charge is 2.27. The van der Waals surface area contributed by atoms with Gasteiger partial charge in [0.1, 0.15) is 0 Å². The van der Waals surface area contributed by atoms with E-state index < -0.39 is 0 Å². The summed E-state index contributed by atoms with van der Waals surface area (Å²) in [6.45, 7) is 7.77. The lowest BCUT2D eigenvalue weighted by molar-refractivity contribution is 0.283. The fourth-order valence-corrected chi connectivity index (χ4v) is 5.40. The maximum absolute atomic E-state index is 5.45. The Morgan fingerprint density at radius 3 is 2.78 bits per heavy atom. The molecule has 0 saturated heterocycles. The first kappa shape index (κ1) is 18.8. The highest BCUT2D eigenvalue weighted by atomic mass is 32.1. The fraction of sp³-hybridized carbons (Fsp3) is 0.500. The molecule has 1 aliphatic rings. The molecule has 2 atom stereocenters. The third-order valence-corrected chi connectivity index (χ3v) is 7.50. The lowest BCUT2D eigenvalue weighted by Gasteiger charge is -2.28. The van der Waals surface area contributed by atoms with E-state index in [0.717, 1.165) is 22.0 Å². The zero-order chi connectivity index (χ0) is 19.0. The van der Waals surface area contributed by atoms with E-state index in [-0.39, 0.29) is 5.41 Å². The quantitative estimate of drug-likeness (QED) is 0.473. The summed E-state index contributed by atoms with van der Waals surface area (Å²) < 4.78 is 2.99. The van der Waals surface area contributed by atoms with Crippen molar-refractivity contribution < 1.29 is 0 Å². The molecule has 3 nitrogen and oxygen atoms in total. The van der Waals surface area contributed by atoms with E-state index in [1.54, 1.807) is 0 Å². The van der Waals surface area contributed by atoms with Gasteiger partial charge >= 0.3 is 0 Å². The monoisotopic (exact) mass is 397 g/mol. The minimum Gasteiger partial charge on any atom is -0.265 e. The summed E-state index contributed by atoms with van der Waals surface area (Å²) >= 11 is 7.36. The predicted molar refractivity (Wildman–Crippen MR) is 116 cm³/mol. The summed E-state index contributed by atoms with van der Waals surface area (Å²) in [5.41, 5.74) is 1.34. The number of para-hydroxylation sites is 1. The van der Waals surface area contributed by atoms with E-state index in [1.165, 1.54) is 35.6 Å². The summed E-state index contributed by atoms with van der Waals surface area (Å²) in [7, 11) is 0. The molecule has 4 rings (SSSR count). The third kappa shape index (κ3) is 3.99. The molecule has 0 amide bonds. The number of benzene rings is 1. The van der Waals surface area contributed by atoms with Crippen LogP contribution in [0.25, 0.3) is 10.9 Å². The van der Waals surface area contributed by atoms with E-state index in [4.69, 9.17) is 17.2 Å². The molecule has 27 heavy (non-hydrogen) atoms. The smallest absolute Gasteiger partial charge is 0.0958 e. The number of thiazole rings is 1. The van der Waals surface area contributed by atoms with Gasteiger partial charge in [0, 0.05) is 28.9 Å². The van der Waals surface area contributed by atoms with Gasteiger partial charge in [-0.05, 0) is 36.7 Å². The SMILES string of the molecule is CC(C)(C)c1cnc(C2CCCC(Cn3ncc(=S)c4ccccc43)C2)s1. The second kappa shape index (κ2) is 7.44. The van der Waals surface area contributed by atoms with Crippen molar-refractivity contribution >= 4 is 34.5 Å². The maximum atomic E-state index is 5.45. The van der Waals surface area contributed by atoms with Crippen molar-refractivity contribution in [3.8, 4) is 0 Å². The van der Waals surface area contributed by atoms with E-state index in [9.17, 15) is 0 Å². The predicted octanol–water partition coefficient (Wildman–Crippen LogP) is 6.49. The van der Waals surface area contributed by atoms with Crippen LogP contribution in [-0.2, 0) is 12.0 Å². The van der Waals surface area contributed by atoms with Crippen LogP contribution in [0.2, 0.25) is 0 Å². The molecule has 2 unspecified atom stereocenters. The highest BCUT2D eigenvalue weighted by Crippen LogP contribution is 2.40. The van der Waals surface area contributed by atoms with Crippen molar-refractivity contribution in [2.75, 3.05) is 0 Å². The molecular weight excluding hydrogens is 370 g/mol. The van der Waals surface area contributed by atoms with Crippen LogP contribution in [0.15, 0.2) is 36.7 Å². The summed E-state index contributed by atoms with van der Waals surface area (Å²) in [4.78, 5) is 6.18. The molecule has 0 aliphatic heterocycles. The molecule has 2 aromatic heterocycles. The van der Waals surface area contributed by atoms with Crippen LogP contribution in [0.1, 0.15) is 62.3 Å². The maximum Gasteiger partial charge on any atom is 0.0958 e. The van der Waals surface area contributed by atoms with Crippen LogP contribution in [0.4, 0.5) is 0 Å². The lowest BCUT2D eigenvalue weighted by Crippen LogP contribution is -2.20. The Hall–Kier alpha value is -1.59. The van der Waals surface area contributed by atoms with Crippen molar-refractivity contribution in [2.24, 2.45) is 5.92 Å². The molecule has 0 spiro atoms. The second-order valence-corrected chi connectivity index (χ2v) is 10.3. The summed E-state index contributed by atoms with van der Waals surface area (Å²) in [6, 6.07) is 8.36. The molecule has 5 heteroatoms. The Balaban J connectivity index is 1.54. The van der Waals surface area contributed by atoms with Crippen LogP contribution < -0.4 is 0 Å². The molecule has 1 saturated carbocycles. The minimum atomic E-state index is 0.189. The molecule has 0 bridgehead atoms. The zero-order valence-corrected chi connectivity index (χ0v) is 17.9. The van der Waals surface area contributed by atoms with Crippen LogP contribution in [-0.4, -0.2) is 14.8 Å². The Morgan fingerprint density at radius 1 is 1.19 bits per heavy atom. The van der Waals surface area contributed by atoms with Gasteiger partial charge in [-0.2, -0.15) is 5.10 Å². The average molecular weight is 398 g/mol. The van der Waals surface area contributed by atoms with Crippen LogP contribution in [0, 0.1) is 10.4 Å². The summed E-state index contributed by atoms with van der Waals surface area (Å²) in [6.07, 6.45) is 8.93. The van der Waals surface area contributed by atoms with Crippen molar-refractivity contribution in [1.82, 2.24) is 14.8 Å². The van der Waals surface area contributed by atoms with Crippen molar-refractivity contribution in [2.45, 2.75) is 64.3 Å². The number of fused-ring (bicyclic) bond motifs is 1. The Kier molecular flexibility index (Phi) is 5.17. The van der Waals surface area contributed by atoms with E-state index in [1.807, 2.05) is 23.6 Å². The van der Waals surface area contributed by atoms with Gasteiger partial charge in [-0.15, -0.1) is 11.3 Å². The Morgan fingerprint density at radius 2 is 2.00 bits per heavy atom. The molecule has 1 fully saturated rings. The van der Waals surface area contributed by atoms with Gasteiger partial charge in [0.05, 0.1) is 21.2 Å². The largest absolute Gasteiger partial charge is 0.265 e. The van der Waals surface area contributed by atoms with E-state index >= 15 is 0 Å².